The van der Waals surface area contributed by atoms with E-state index >= 15 is 0 Å². The molecule has 3 N–H and O–H groups in total. The van der Waals surface area contributed by atoms with E-state index in [2.05, 4.69) is 161 Å². The molecule has 5 atom stereocenters. The molecule has 0 amide bonds. The molecule has 0 aliphatic rings. The standard InChI is InChI=1S/C81H136O17P2/c1-5-9-13-17-21-25-29-33-35-36-37-38-40-44-46-50-54-58-62-66-79(84)92-72-77(98-81(86)68-64-60-56-52-48-42-32-28-24-20-16-12-8-4)74-96-100(89,90)94-70-75(82)69-93-99(87,88)95-73-76(97-80(85)67-63-59-55-51-47-41-31-27-23-19-15-11-7-3)71-91-78(83)65-61-57-53-49-45-43-39-34-30-26-22-18-14-10-6-2/h10,14-16,19-22,25-28,31-35,37-39,45,49,75-77,82H,5-9,11-13,17-18,23-24,29-30,36,40-44,46-48,50-74H2,1-4H3,(H,87,88)(H,89,90)/b14-10-,19-15-,20-16-,25-21-,26-22-,31-27-,32-28-,35-33-,38-37-,39-34-,49-45-. The number of allylic oxidation sites excluding steroid dienone is 22. The van der Waals surface area contributed by atoms with Gasteiger partial charge in [0.2, 0.25) is 0 Å². The summed E-state index contributed by atoms with van der Waals surface area (Å²) in [7, 11) is -9.98. The number of carbonyl (C=O) groups is 4. The number of unbranched alkanes of at least 4 members (excludes halogenated alkanes) is 23. The molecular weight excluding hydrogens is 1310 g/mol. The summed E-state index contributed by atoms with van der Waals surface area (Å²) in [5.74, 6) is -2.27. The summed E-state index contributed by atoms with van der Waals surface area (Å²) in [6.45, 7) is 4.50. The molecule has 0 spiro atoms. The van der Waals surface area contributed by atoms with E-state index in [1.54, 1.807) is 0 Å². The molecule has 572 valence electrons. The number of phosphoric acid groups is 2. The first-order valence-electron chi connectivity index (χ1n) is 38.4. The van der Waals surface area contributed by atoms with E-state index in [1.807, 2.05) is 0 Å². The van der Waals surface area contributed by atoms with Crippen LogP contribution in [0.25, 0.3) is 0 Å². The summed E-state index contributed by atoms with van der Waals surface area (Å²) in [5.41, 5.74) is 0. The Morgan fingerprint density at radius 2 is 0.540 bits per heavy atom. The number of carbonyl (C=O) groups excluding carboxylic acids is 4. The van der Waals surface area contributed by atoms with Gasteiger partial charge in [0, 0.05) is 25.7 Å². The van der Waals surface area contributed by atoms with E-state index in [4.69, 9.17) is 37.0 Å². The second kappa shape index (κ2) is 72.5. The topological polar surface area (TPSA) is 237 Å². The Hall–Kier alpha value is -4.80. The molecule has 0 bridgehead atoms. The van der Waals surface area contributed by atoms with Crippen molar-refractivity contribution >= 4 is 39.5 Å². The van der Waals surface area contributed by atoms with Gasteiger partial charge >= 0.3 is 39.5 Å². The molecule has 0 aliphatic heterocycles. The van der Waals surface area contributed by atoms with Crippen molar-refractivity contribution in [2.24, 2.45) is 0 Å². The van der Waals surface area contributed by atoms with E-state index in [9.17, 15) is 43.2 Å². The van der Waals surface area contributed by atoms with Crippen LogP contribution in [0.15, 0.2) is 134 Å². The minimum atomic E-state index is -4.99. The minimum absolute atomic E-state index is 0.0659. The summed E-state index contributed by atoms with van der Waals surface area (Å²) in [4.78, 5) is 72.8. The maximum atomic E-state index is 13.1. The molecule has 0 rings (SSSR count). The molecule has 0 heterocycles. The third-order valence-corrected chi connectivity index (χ3v) is 17.4. The highest BCUT2D eigenvalue weighted by Crippen LogP contribution is 2.45. The van der Waals surface area contributed by atoms with Crippen LogP contribution in [0, 0.1) is 0 Å². The molecule has 0 aromatic heterocycles. The van der Waals surface area contributed by atoms with Crippen LogP contribution < -0.4 is 0 Å². The minimum Gasteiger partial charge on any atom is -0.462 e. The van der Waals surface area contributed by atoms with Gasteiger partial charge in [-0.1, -0.05) is 251 Å². The number of aliphatic hydroxyl groups is 1. The zero-order valence-electron chi connectivity index (χ0n) is 62.3. The summed E-state index contributed by atoms with van der Waals surface area (Å²) in [6, 6.07) is 0. The molecular formula is C81H136O17P2. The molecule has 19 heteroatoms. The van der Waals surface area contributed by atoms with Crippen molar-refractivity contribution in [2.75, 3.05) is 39.6 Å². The Morgan fingerprint density at radius 1 is 0.290 bits per heavy atom. The molecule has 0 fully saturated rings. The lowest BCUT2D eigenvalue weighted by molar-refractivity contribution is -0.161. The highest BCUT2D eigenvalue weighted by atomic mass is 31.2. The van der Waals surface area contributed by atoms with Gasteiger partial charge < -0.3 is 33.8 Å². The third-order valence-electron chi connectivity index (χ3n) is 15.5. The van der Waals surface area contributed by atoms with Gasteiger partial charge in [0.25, 0.3) is 0 Å². The fourth-order valence-corrected chi connectivity index (χ4v) is 11.3. The first kappa shape index (κ1) is 95.2. The molecule has 0 saturated carbocycles. The average molecular weight is 1440 g/mol. The summed E-state index contributed by atoms with van der Waals surface area (Å²) in [6.07, 6.45) is 80.2. The van der Waals surface area contributed by atoms with Crippen molar-refractivity contribution in [1.29, 1.82) is 0 Å². The van der Waals surface area contributed by atoms with E-state index in [-0.39, 0.29) is 25.7 Å². The predicted octanol–water partition coefficient (Wildman–Crippen LogP) is 22.1. The fraction of sp³-hybridized carbons (Fsp3) is 0.679. The predicted molar refractivity (Wildman–Crippen MR) is 408 cm³/mol. The van der Waals surface area contributed by atoms with Crippen LogP contribution in [0.5, 0.6) is 0 Å². The SMILES string of the molecule is CC/C=C\C/C=C\C/C=C\C/C=C\CCCCC(=O)OCC(COP(=O)(O)OCC(O)COP(=O)(O)OCC(COC(=O)CCCCCCCC/C=C\C/C=C\C/C=C\CCCCC)OC(=O)CCCCCCC/C=C\C/C=C\CCC)OC(=O)CCCCCCC/C=C\C/C=C\CCC. The Morgan fingerprint density at radius 3 is 0.860 bits per heavy atom. The Balaban J connectivity index is 5.39. The largest absolute Gasteiger partial charge is 0.472 e. The first-order valence-corrected chi connectivity index (χ1v) is 41.4. The number of aliphatic hydroxyl groups excluding tert-OH is 1. The Bertz CT molecular complexity index is 2420. The van der Waals surface area contributed by atoms with Gasteiger partial charge in [-0.2, -0.15) is 0 Å². The van der Waals surface area contributed by atoms with Crippen molar-refractivity contribution in [3.8, 4) is 0 Å². The van der Waals surface area contributed by atoms with Gasteiger partial charge in [-0.25, -0.2) is 9.13 Å². The highest BCUT2D eigenvalue weighted by Gasteiger charge is 2.30. The van der Waals surface area contributed by atoms with Crippen LogP contribution in [0.1, 0.15) is 297 Å². The van der Waals surface area contributed by atoms with Crippen LogP contribution >= 0.6 is 15.6 Å². The molecule has 5 unspecified atom stereocenters. The lowest BCUT2D eigenvalue weighted by Crippen LogP contribution is -2.30. The number of ether oxygens (including phenoxy) is 4. The van der Waals surface area contributed by atoms with Crippen LogP contribution in [0.4, 0.5) is 0 Å². The van der Waals surface area contributed by atoms with Crippen molar-refractivity contribution in [3.05, 3.63) is 134 Å². The first-order chi connectivity index (χ1) is 48.7. The van der Waals surface area contributed by atoms with Crippen LogP contribution in [-0.2, 0) is 65.4 Å². The Kier molecular flexibility index (Phi) is 69.1. The zero-order chi connectivity index (χ0) is 73.2. The van der Waals surface area contributed by atoms with Crippen LogP contribution in [0.2, 0.25) is 0 Å². The van der Waals surface area contributed by atoms with Crippen molar-refractivity contribution < 1.29 is 80.2 Å². The van der Waals surface area contributed by atoms with Crippen molar-refractivity contribution in [3.63, 3.8) is 0 Å². The van der Waals surface area contributed by atoms with Gasteiger partial charge in [-0.15, -0.1) is 0 Å². The zero-order valence-corrected chi connectivity index (χ0v) is 64.1. The molecule has 0 radical (unpaired) electrons. The van der Waals surface area contributed by atoms with Gasteiger partial charge in [-0.3, -0.25) is 37.3 Å². The smallest absolute Gasteiger partial charge is 0.462 e. The van der Waals surface area contributed by atoms with Gasteiger partial charge in [0.1, 0.15) is 19.3 Å². The molecule has 17 nitrogen and oxygen atoms in total. The van der Waals surface area contributed by atoms with Crippen molar-refractivity contribution in [1.82, 2.24) is 0 Å². The number of rotatable bonds is 71. The van der Waals surface area contributed by atoms with E-state index < -0.39 is 97.5 Å². The quantitative estimate of drug-likeness (QED) is 0.0169. The average Bonchev–Trinajstić information content (AvgIpc) is 0.936. The molecule has 0 aromatic rings. The highest BCUT2D eigenvalue weighted by molar-refractivity contribution is 7.47. The maximum absolute atomic E-state index is 13.1. The van der Waals surface area contributed by atoms with Gasteiger partial charge in [0.05, 0.1) is 26.4 Å². The van der Waals surface area contributed by atoms with Gasteiger partial charge in [-0.05, 0) is 154 Å². The second-order valence-corrected chi connectivity index (χ2v) is 28.1. The monoisotopic (exact) mass is 1440 g/mol. The lowest BCUT2D eigenvalue weighted by Gasteiger charge is -2.21. The van der Waals surface area contributed by atoms with E-state index in [1.165, 1.54) is 19.3 Å². The maximum Gasteiger partial charge on any atom is 0.472 e. The van der Waals surface area contributed by atoms with Crippen molar-refractivity contribution in [2.45, 2.75) is 316 Å². The van der Waals surface area contributed by atoms with Crippen LogP contribution in [0.3, 0.4) is 0 Å². The number of phosphoric ester groups is 2. The number of esters is 4. The number of hydrogen-bond acceptors (Lipinski definition) is 15. The lowest BCUT2D eigenvalue weighted by atomic mass is 10.1. The van der Waals surface area contributed by atoms with Crippen LogP contribution in [-0.4, -0.2) is 96.7 Å². The molecule has 100 heavy (non-hydrogen) atoms. The summed E-state index contributed by atoms with van der Waals surface area (Å²) < 4.78 is 68.4. The van der Waals surface area contributed by atoms with E-state index in [0.717, 1.165) is 199 Å². The fourth-order valence-electron chi connectivity index (χ4n) is 9.70. The Labute approximate surface area is 605 Å². The molecule has 0 saturated heterocycles. The second-order valence-electron chi connectivity index (χ2n) is 25.2. The molecule has 0 aliphatic carbocycles. The van der Waals surface area contributed by atoms with Gasteiger partial charge in [0.15, 0.2) is 12.2 Å². The summed E-state index contributed by atoms with van der Waals surface area (Å²) in [5, 5.41) is 10.6. The number of hydrogen-bond donors (Lipinski definition) is 3. The van der Waals surface area contributed by atoms with E-state index in [0.29, 0.717) is 25.7 Å². The normalized spacial score (nSPS) is 14.7. The summed E-state index contributed by atoms with van der Waals surface area (Å²) >= 11 is 0. The molecule has 0 aromatic carbocycles. The third kappa shape index (κ3) is 71.6.